The molecule has 1 aliphatic heterocycles. The topological polar surface area (TPSA) is 15.3 Å². The summed E-state index contributed by atoms with van der Waals surface area (Å²) in [5, 5.41) is 3.77. The van der Waals surface area contributed by atoms with Crippen LogP contribution in [0.25, 0.3) is 0 Å². The molecule has 118 valence electrons. The Bertz CT molecular complexity index is 289. The number of hydrogen-bond acceptors (Lipinski definition) is 3. The Kier molecular flexibility index (Phi) is 6.25. The van der Waals surface area contributed by atoms with Crippen LogP contribution in [-0.4, -0.2) is 47.6 Å². The lowest BCUT2D eigenvalue weighted by atomic mass is 9.86. The first kappa shape index (κ1) is 16.6. The van der Waals surface area contributed by atoms with Crippen LogP contribution in [0.15, 0.2) is 0 Å². The molecule has 2 rings (SSSR count). The van der Waals surface area contributed by atoms with Crippen molar-refractivity contribution in [2.24, 2.45) is 5.92 Å². The first-order valence-electron chi connectivity index (χ1n) is 8.63. The maximum atomic E-state index is 3.77. The van der Waals surface area contributed by atoms with Crippen LogP contribution in [0.1, 0.15) is 59.3 Å². The van der Waals surface area contributed by atoms with Crippen molar-refractivity contribution >= 4 is 11.8 Å². The standard InChI is InChI=1S/C17H34N2S/c1-5-14(2)16-12-19(15(3)11-18-16)13-17(20-4)9-7-6-8-10-17/h14-16,18H,5-13H2,1-4H3. The second-order valence-corrected chi connectivity index (χ2v) is 8.40. The normalized spacial score (nSPS) is 33.0. The second-order valence-electron chi connectivity index (χ2n) is 7.13. The van der Waals surface area contributed by atoms with Gasteiger partial charge in [0, 0.05) is 36.5 Å². The molecule has 3 heteroatoms. The molecule has 3 atom stereocenters. The summed E-state index contributed by atoms with van der Waals surface area (Å²) in [7, 11) is 0. The number of thioether (sulfide) groups is 1. The van der Waals surface area contributed by atoms with Crippen molar-refractivity contribution in [3.8, 4) is 0 Å². The first-order valence-corrected chi connectivity index (χ1v) is 9.85. The van der Waals surface area contributed by atoms with E-state index in [1.165, 1.54) is 58.2 Å². The van der Waals surface area contributed by atoms with Gasteiger partial charge in [-0.05, 0) is 31.9 Å². The predicted molar refractivity (Wildman–Crippen MR) is 91.6 cm³/mol. The quantitative estimate of drug-likeness (QED) is 0.832. The highest BCUT2D eigenvalue weighted by Crippen LogP contribution is 2.39. The van der Waals surface area contributed by atoms with Crippen LogP contribution in [0.4, 0.5) is 0 Å². The van der Waals surface area contributed by atoms with E-state index in [-0.39, 0.29) is 0 Å². The van der Waals surface area contributed by atoms with E-state index in [4.69, 9.17) is 0 Å². The molecule has 0 spiro atoms. The maximum absolute atomic E-state index is 3.77. The van der Waals surface area contributed by atoms with E-state index in [0.717, 1.165) is 5.92 Å². The molecular formula is C17H34N2S. The zero-order valence-corrected chi connectivity index (χ0v) is 14.8. The third-order valence-electron chi connectivity index (χ3n) is 5.75. The van der Waals surface area contributed by atoms with E-state index in [2.05, 4.69) is 49.0 Å². The monoisotopic (exact) mass is 298 g/mol. The van der Waals surface area contributed by atoms with Crippen molar-refractivity contribution in [3.05, 3.63) is 0 Å². The number of rotatable bonds is 5. The summed E-state index contributed by atoms with van der Waals surface area (Å²) in [6.45, 7) is 10.8. The number of nitrogens with zero attached hydrogens (tertiary/aromatic N) is 1. The van der Waals surface area contributed by atoms with E-state index < -0.39 is 0 Å². The van der Waals surface area contributed by atoms with Crippen molar-refractivity contribution in [1.82, 2.24) is 10.2 Å². The summed E-state index contributed by atoms with van der Waals surface area (Å²) in [5.41, 5.74) is 0. The van der Waals surface area contributed by atoms with E-state index in [1.807, 2.05) is 0 Å². The molecule has 1 saturated heterocycles. The van der Waals surface area contributed by atoms with Crippen molar-refractivity contribution in [2.45, 2.75) is 76.1 Å². The third kappa shape index (κ3) is 3.92. The number of piperazine rings is 1. The van der Waals surface area contributed by atoms with Gasteiger partial charge in [0.15, 0.2) is 0 Å². The molecule has 3 unspecified atom stereocenters. The van der Waals surface area contributed by atoms with Crippen molar-refractivity contribution in [2.75, 3.05) is 25.9 Å². The lowest BCUT2D eigenvalue weighted by Crippen LogP contribution is -2.60. The third-order valence-corrected chi connectivity index (χ3v) is 7.15. The van der Waals surface area contributed by atoms with Gasteiger partial charge in [-0.3, -0.25) is 4.90 Å². The van der Waals surface area contributed by atoms with E-state index in [9.17, 15) is 0 Å². The fourth-order valence-corrected chi connectivity index (χ4v) is 4.82. The Labute approximate surface area is 130 Å². The summed E-state index contributed by atoms with van der Waals surface area (Å²) < 4.78 is 0.545. The van der Waals surface area contributed by atoms with Crippen LogP contribution >= 0.6 is 11.8 Å². The molecule has 1 aliphatic carbocycles. The molecule has 2 fully saturated rings. The lowest BCUT2D eigenvalue weighted by molar-refractivity contribution is 0.100. The molecule has 0 aromatic heterocycles. The highest BCUT2D eigenvalue weighted by atomic mass is 32.2. The molecular weight excluding hydrogens is 264 g/mol. The van der Waals surface area contributed by atoms with Crippen LogP contribution in [0.2, 0.25) is 0 Å². The van der Waals surface area contributed by atoms with Crippen LogP contribution in [0.5, 0.6) is 0 Å². The molecule has 0 amide bonds. The Hall–Kier alpha value is 0.270. The molecule has 20 heavy (non-hydrogen) atoms. The number of nitrogens with one attached hydrogen (secondary N) is 1. The molecule has 0 aromatic carbocycles. The van der Waals surface area contributed by atoms with Crippen molar-refractivity contribution in [3.63, 3.8) is 0 Å². The summed E-state index contributed by atoms with van der Waals surface area (Å²) in [6.07, 6.45) is 10.8. The molecule has 2 nitrogen and oxygen atoms in total. The summed E-state index contributed by atoms with van der Waals surface area (Å²) in [6, 6.07) is 1.39. The minimum atomic E-state index is 0.545. The van der Waals surface area contributed by atoms with E-state index in [1.54, 1.807) is 0 Å². The maximum Gasteiger partial charge on any atom is 0.0284 e. The lowest BCUT2D eigenvalue weighted by Gasteiger charge is -2.46. The smallest absolute Gasteiger partial charge is 0.0284 e. The van der Waals surface area contributed by atoms with Gasteiger partial charge in [-0.2, -0.15) is 11.8 Å². The Morgan fingerprint density at radius 1 is 1.30 bits per heavy atom. The Morgan fingerprint density at radius 3 is 2.60 bits per heavy atom. The van der Waals surface area contributed by atoms with Gasteiger partial charge in [-0.1, -0.05) is 39.5 Å². The summed E-state index contributed by atoms with van der Waals surface area (Å²) >= 11 is 2.14. The van der Waals surface area contributed by atoms with Gasteiger partial charge in [0.25, 0.3) is 0 Å². The average molecular weight is 299 g/mol. The highest BCUT2D eigenvalue weighted by molar-refractivity contribution is 8.00. The van der Waals surface area contributed by atoms with Crippen LogP contribution in [0.3, 0.4) is 0 Å². The summed E-state index contributed by atoms with van der Waals surface area (Å²) in [5.74, 6) is 0.793. The molecule has 2 aliphatic rings. The second kappa shape index (κ2) is 7.51. The van der Waals surface area contributed by atoms with Crippen LogP contribution in [0, 0.1) is 5.92 Å². The van der Waals surface area contributed by atoms with Crippen molar-refractivity contribution < 1.29 is 0 Å². The van der Waals surface area contributed by atoms with Gasteiger partial charge in [0.05, 0.1) is 0 Å². The van der Waals surface area contributed by atoms with Crippen LogP contribution in [-0.2, 0) is 0 Å². The van der Waals surface area contributed by atoms with Gasteiger partial charge < -0.3 is 5.32 Å². The number of hydrogen-bond donors (Lipinski definition) is 1. The van der Waals surface area contributed by atoms with Crippen molar-refractivity contribution in [1.29, 1.82) is 0 Å². The summed E-state index contributed by atoms with van der Waals surface area (Å²) in [4.78, 5) is 2.79. The Morgan fingerprint density at radius 2 is 2.00 bits per heavy atom. The first-order chi connectivity index (χ1) is 9.60. The molecule has 0 radical (unpaired) electrons. The van der Waals surface area contributed by atoms with Gasteiger partial charge >= 0.3 is 0 Å². The molecule has 1 N–H and O–H groups in total. The zero-order valence-electron chi connectivity index (χ0n) is 14.0. The van der Waals surface area contributed by atoms with Crippen LogP contribution < -0.4 is 5.32 Å². The molecule has 1 heterocycles. The molecule has 0 bridgehead atoms. The van der Waals surface area contributed by atoms with Gasteiger partial charge in [0.2, 0.25) is 0 Å². The Balaban J connectivity index is 1.98. The van der Waals surface area contributed by atoms with Gasteiger partial charge in [-0.25, -0.2) is 0 Å². The largest absolute Gasteiger partial charge is 0.311 e. The minimum absolute atomic E-state index is 0.545. The predicted octanol–water partition coefficient (Wildman–Crippen LogP) is 3.76. The van der Waals surface area contributed by atoms with Gasteiger partial charge in [0.1, 0.15) is 0 Å². The molecule has 0 aromatic rings. The zero-order chi connectivity index (χ0) is 14.6. The van der Waals surface area contributed by atoms with E-state index in [0.29, 0.717) is 16.8 Å². The van der Waals surface area contributed by atoms with E-state index >= 15 is 0 Å². The fourth-order valence-electron chi connectivity index (χ4n) is 3.83. The average Bonchev–Trinajstić information content (AvgIpc) is 2.49. The minimum Gasteiger partial charge on any atom is -0.311 e. The molecule has 1 saturated carbocycles. The highest BCUT2D eigenvalue weighted by Gasteiger charge is 2.36. The SMILES string of the molecule is CCC(C)C1CN(CC2(SC)CCCCC2)C(C)CN1. The fraction of sp³-hybridized carbons (Fsp3) is 1.00. The van der Waals surface area contributed by atoms with Gasteiger partial charge in [-0.15, -0.1) is 0 Å².